The lowest BCUT2D eigenvalue weighted by atomic mass is 10.2. The molecule has 3 nitrogen and oxygen atoms in total. The highest BCUT2D eigenvalue weighted by molar-refractivity contribution is 7.71. The maximum atomic E-state index is 5.75. The monoisotopic (exact) mass is 211 g/mol. The SMILES string of the molecule is S=c1[nH]nc(-c2ccc(Cl)cc2)[nH]1. The largest absolute Gasteiger partial charge is 0.314 e. The molecule has 0 amide bonds. The number of nitrogens with zero attached hydrogens (tertiary/aromatic N) is 1. The minimum atomic E-state index is 0.518. The Balaban J connectivity index is 2.47. The van der Waals surface area contributed by atoms with Crippen LogP contribution in [-0.4, -0.2) is 15.2 Å². The molecule has 0 aliphatic carbocycles. The van der Waals surface area contributed by atoms with E-state index in [2.05, 4.69) is 15.2 Å². The lowest BCUT2D eigenvalue weighted by Gasteiger charge is -1.94. The van der Waals surface area contributed by atoms with Crippen LogP contribution in [-0.2, 0) is 0 Å². The van der Waals surface area contributed by atoms with E-state index >= 15 is 0 Å². The number of benzene rings is 1. The van der Waals surface area contributed by atoms with Crippen molar-refractivity contribution in [3.63, 3.8) is 0 Å². The summed E-state index contributed by atoms with van der Waals surface area (Å²) in [5, 5.41) is 7.35. The highest BCUT2D eigenvalue weighted by atomic mass is 35.5. The van der Waals surface area contributed by atoms with Crippen LogP contribution in [0.25, 0.3) is 11.4 Å². The molecule has 0 aliphatic rings. The van der Waals surface area contributed by atoms with Crippen molar-refractivity contribution >= 4 is 23.8 Å². The predicted octanol–water partition coefficient (Wildman–Crippen LogP) is 2.79. The van der Waals surface area contributed by atoms with E-state index in [1.54, 1.807) is 0 Å². The van der Waals surface area contributed by atoms with Gasteiger partial charge in [-0.3, -0.25) is 5.10 Å². The molecule has 2 N–H and O–H groups in total. The second-order valence-electron chi connectivity index (χ2n) is 2.53. The van der Waals surface area contributed by atoms with Gasteiger partial charge in [-0.2, -0.15) is 5.10 Å². The van der Waals surface area contributed by atoms with Crippen molar-refractivity contribution in [2.45, 2.75) is 0 Å². The number of nitrogens with one attached hydrogen (secondary N) is 2. The van der Waals surface area contributed by atoms with Crippen LogP contribution in [0, 0.1) is 4.77 Å². The third-order valence-electron chi connectivity index (χ3n) is 1.62. The Bertz CT molecular complexity index is 457. The fraction of sp³-hybridized carbons (Fsp3) is 0. The summed E-state index contributed by atoms with van der Waals surface area (Å²) in [6, 6.07) is 7.37. The number of halogens is 1. The summed E-state index contributed by atoms with van der Waals surface area (Å²) < 4.78 is 0.518. The van der Waals surface area contributed by atoms with Gasteiger partial charge in [0.2, 0.25) is 0 Å². The first-order chi connectivity index (χ1) is 6.25. The zero-order valence-corrected chi connectivity index (χ0v) is 8.12. The number of hydrogen-bond acceptors (Lipinski definition) is 2. The Labute approximate surface area is 84.8 Å². The molecular weight excluding hydrogens is 206 g/mol. The van der Waals surface area contributed by atoms with Gasteiger partial charge in [0, 0.05) is 10.6 Å². The van der Waals surface area contributed by atoms with Gasteiger partial charge in [-0.05, 0) is 36.5 Å². The van der Waals surface area contributed by atoms with E-state index in [9.17, 15) is 0 Å². The van der Waals surface area contributed by atoms with Crippen LogP contribution in [0.1, 0.15) is 0 Å². The summed E-state index contributed by atoms with van der Waals surface area (Å²) >= 11 is 10.6. The second-order valence-corrected chi connectivity index (χ2v) is 3.38. The molecule has 0 unspecified atom stereocenters. The highest BCUT2D eigenvalue weighted by Gasteiger charge is 1.99. The zero-order chi connectivity index (χ0) is 9.26. The van der Waals surface area contributed by atoms with Crippen LogP contribution in [0.5, 0.6) is 0 Å². The maximum Gasteiger partial charge on any atom is 0.192 e. The molecule has 0 radical (unpaired) electrons. The third kappa shape index (κ3) is 1.79. The fourth-order valence-corrected chi connectivity index (χ4v) is 1.28. The number of hydrogen-bond donors (Lipinski definition) is 2. The second kappa shape index (κ2) is 3.32. The molecule has 0 spiro atoms. The maximum absolute atomic E-state index is 5.75. The molecule has 1 aromatic carbocycles. The number of rotatable bonds is 1. The van der Waals surface area contributed by atoms with Crippen molar-refractivity contribution in [3.05, 3.63) is 34.1 Å². The summed E-state index contributed by atoms with van der Waals surface area (Å²) in [6.07, 6.45) is 0. The molecule has 0 saturated carbocycles. The molecule has 0 fully saturated rings. The van der Waals surface area contributed by atoms with E-state index < -0.39 is 0 Å². The lowest BCUT2D eigenvalue weighted by Crippen LogP contribution is -1.79. The quantitative estimate of drug-likeness (QED) is 0.713. The van der Waals surface area contributed by atoms with E-state index in [1.807, 2.05) is 24.3 Å². The third-order valence-corrected chi connectivity index (χ3v) is 2.06. The normalized spacial score (nSPS) is 10.2. The van der Waals surface area contributed by atoms with Crippen molar-refractivity contribution in [1.29, 1.82) is 0 Å². The molecule has 2 aromatic rings. The Morgan fingerprint density at radius 1 is 1.23 bits per heavy atom. The van der Waals surface area contributed by atoms with Crippen LogP contribution in [0.2, 0.25) is 5.02 Å². The molecule has 66 valence electrons. The van der Waals surface area contributed by atoms with Crippen LogP contribution in [0.4, 0.5) is 0 Å². The Morgan fingerprint density at radius 2 is 1.92 bits per heavy atom. The van der Waals surface area contributed by atoms with Gasteiger partial charge >= 0.3 is 0 Å². The number of aromatic nitrogens is 3. The Kier molecular flexibility index (Phi) is 2.16. The number of aromatic amines is 2. The van der Waals surface area contributed by atoms with Crippen LogP contribution in [0.15, 0.2) is 24.3 Å². The highest BCUT2D eigenvalue weighted by Crippen LogP contribution is 2.16. The van der Waals surface area contributed by atoms with Gasteiger partial charge in [0.05, 0.1) is 0 Å². The molecule has 5 heteroatoms. The van der Waals surface area contributed by atoms with Gasteiger partial charge in [-0.25, -0.2) is 0 Å². The van der Waals surface area contributed by atoms with E-state index in [1.165, 1.54) is 0 Å². The molecule has 0 atom stereocenters. The van der Waals surface area contributed by atoms with Gasteiger partial charge in [-0.15, -0.1) is 0 Å². The average Bonchev–Trinajstić information content (AvgIpc) is 2.53. The minimum Gasteiger partial charge on any atom is -0.314 e. The molecule has 1 heterocycles. The molecule has 0 aliphatic heterocycles. The molecule has 0 saturated heterocycles. The summed E-state index contributed by atoms with van der Waals surface area (Å²) in [7, 11) is 0. The molecule has 2 rings (SSSR count). The van der Waals surface area contributed by atoms with Gasteiger partial charge in [0.1, 0.15) is 0 Å². The smallest absolute Gasteiger partial charge is 0.192 e. The zero-order valence-electron chi connectivity index (χ0n) is 6.54. The topological polar surface area (TPSA) is 44.5 Å². The van der Waals surface area contributed by atoms with Crippen molar-refractivity contribution in [2.24, 2.45) is 0 Å². The van der Waals surface area contributed by atoms with Crippen molar-refractivity contribution in [3.8, 4) is 11.4 Å². The first-order valence-corrected chi connectivity index (χ1v) is 4.45. The molecular formula is C8H6ClN3S. The Morgan fingerprint density at radius 3 is 2.46 bits per heavy atom. The van der Waals surface area contributed by atoms with Crippen LogP contribution >= 0.6 is 23.8 Å². The summed E-state index contributed by atoms with van der Waals surface area (Å²) in [5.41, 5.74) is 0.955. The van der Waals surface area contributed by atoms with Gasteiger partial charge < -0.3 is 4.98 Å². The van der Waals surface area contributed by atoms with Gasteiger partial charge in [-0.1, -0.05) is 11.6 Å². The Hall–Kier alpha value is -1.13. The van der Waals surface area contributed by atoms with E-state index in [4.69, 9.17) is 23.8 Å². The first kappa shape index (κ1) is 8.47. The summed E-state index contributed by atoms with van der Waals surface area (Å²) in [5.74, 6) is 0.724. The minimum absolute atomic E-state index is 0.518. The standard InChI is InChI=1S/C8H6ClN3S/c9-6-3-1-5(2-4-6)7-10-8(13)12-11-7/h1-4H,(H2,10,11,12,13). The van der Waals surface area contributed by atoms with Crippen molar-refractivity contribution in [1.82, 2.24) is 15.2 Å². The average molecular weight is 212 g/mol. The first-order valence-electron chi connectivity index (χ1n) is 3.66. The van der Waals surface area contributed by atoms with E-state index in [-0.39, 0.29) is 0 Å². The molecule has 0 bridgehead atoms. The summed E-state index contributed by atoms with van der Waals surface area (Å²) in [6.45, 7) is 0. The van der Waals surface area contributed by atoms with Crippen molar-refractivity contribution < 1.29 is 0 Å². The number of H-pyrrole nitrogens is 2. The van der Waals surface area contributed by atoms with Crippen LogP contribution in [0.3, 0.4) is 0 Å². The predicted molar refractivity (Wildman–Crippen MR) is 54.2 cm³/mol. The van der Waals surface area contributed by atoms with E-state index in [0.29, 0.717) is 9.79 Å². The van der Waals surface area contributed by atoms with Gasteiger partial charge in [0.15, 0.2) is 10.6 Å². The summed E-state index contributed by atoms with van der Waals surface area (Å²) in [4.78, 5) is 2.92. The lowest BCUT2D eigenvalue weighted by molar-refractivity contribution is 1.08. The van der Waals surface area contributed by atoms with Gasteiger partial charge in [0.25, 0.3) is 0 Å². The van der Waals surface area contributed by atoms with Crippen LogP contribution < -0.4 is 0 Å². The molecule has 13 heavy (non-hydrogen) atoms. The van der Waals surface area contributed by atoms with E-state index in [0.717, 1.165) is 11.4 Å². The fourth-order valence-electron chi connectivity index (χ4n) is 1.01. The van der Waals surface area contributed by atoms with Crippen molar-refractivity contribution in [2.75, 3.05) is 0 Å². The molecule has 1 aromatic heterocycles.